The van der Waals surface area contributed by atoms with Crippen molar-refractivity contribution < 1.29 is 37.1 Å². The molecular formula is C39H47F3N8O5S. The number of ether oxygens (including phenoxy) is 1. The summed E-state index contributed by atoms with van der Waals surface area (Å²) >= 11 is 5.72. The molecule has 2 aromatic rings. The molecule has 0 aromatic carbocycles. The van der Waals surface area contributed by atoms with Gasteiger partial charge in [0, 0.05) is 37.4 Å². The molecular weight excluding hydrogens is 750 g/mol. The van der Waals surface area contributed by atoms with Crippen molar-refractivity contribution in [2.24, 2.45) is 5.92 Å². The zero-order valence-corrected chi connectivity index (χ0v) is 32.7. The average Bonchev–Trinajstić information content (AvgIpc) is 3.31. The summed E-state index contributed by atoms with van der Waals surface area (Å²) in [5, 5.41) is 14.5. The van der Waals surface area contributed by atoms with Gasteiger partial charge in [0.25, 0.3) is 5.91 Å². The molecule has 0 spiro atoms. The molecule has 300 valence electrons. The van der Waals surface area contributed by atoms with Crippen molar-refractivity contribution in [2.75, 3.05) is 23.4 Å². The monoisotopic (exact) mass is 796 g/mol. The maximum Gasteiger partial charge on any atom is 0.419 e. The lowest BCUT2D eigenvalue weighted by molar-refractivity contribution is -0.138. The second kappa shape index (κ2) is 16.5. The normalized spacial score (nSPS) is 27.2. The topological polar surface area (TPSA) is 161 Å². The third-order valence-electron chi connectivity index (χ3n) is 11.7. The molecule has 2 aromatic heterocycles. The highest BCUT2D eigenvalue weighted by atomic mass is 32.1. The number of aromatic nitrogens is 2. The number of nitrogens with zero attached hydrogens (tertiary/aromatic N) is 6. The van der Waals surface area contributed by atoms with Crippen LogP contribution in [0.25, 0.3) is 0 Å². The van der Waals surface area contributed by atoms with Crippen LogP contribution in [0.3, 0.4) is 0 Å². The van der Waals surface area contributed by atoms with Crippen LogP contribution in [0.15, 0.2) is 30.6 Å². The number of rotatable bonds is 10. The molecule has 0 radical (unpaired) electrons. The number of thiocarbonyl (C=S) groups is 1. The van der Waals surface area contributed by atoms with Crippen molar-refractivity contribution in [3.05, 3.63) is 47.4 Å². The Kier molecular flexibility index (Phi) is 12.1. The highest BCUT2D eigenvalue weighted by molar-refractivity contribution is 7.80. The molecule has 0 bridgehead atoms. The summed E-state index contributed by atoms with van der Waals surface area (Å²) < 4.78 is 47.5. The lowest BCUT2D eigenvalue weighted by atomic mass is 9.82. The number of carbonyl (C=O) groups is 4. The van der Waals surface area contributed by atoms with Crippen molar-refractivity contribution in [1.82, 2.24) is 25.1 Å². The molecule has 4 atom stereocenters. The number of imide groups is 1. The van der Waals surface area contributed by atoms with E-state index in [1.807, 2.05) is 4.90 Å². The summed E-state index contributed by atoms with van der Waals surface area (Å²) in [6, 6.07) is 5.77. The molecule has 56 heavy (non-hydrogen) atoms. The third-order valence-corrected chi connectivity index (χ3v) is 12.1. The first-order valence-electron chi connectivity index (χ1n) is 19.1. The minimum atomic E-state index is -4.82. The second-order valence-electron chi connectivity index (χ2n) is 15.9. The SMILES string of the molecule is C[C@@H]1C[C@H](OCC[C@H]2CC[C@H](N3C(=S)N(c4cnc(C#N)c(C(F)(F)F)c4)C(=O)C3(C)C)CC2)C[C@H](C)N1CC(=O)Nc1cc(C2CCC(=O)NC2=O)ccn1. The van der Waals surface area contributed by atoms with Gasteiger partial charge < -0.3 is 15.0 Å². The van der Waals surface area contributed by atoms with Gasteiger partial charge in [0.05, 0.1) is 36.0 Å². The number of nitrogens with one attached hydrogen (secondary N) is 2. The fraction of sp³-hybridized carbons (Fsp3) is 0.590. The van der Waals surface area contributed by atoms with E-state index < -0.39 is 34.8 Å². The van der Waals surface area contributed by atoms with Gasteiger partial charge in [0.15, 0.2) is 10.8 Å². The quantitative estimate of drug-likeness (QED) is 0.233. The van der Waals surface area contributed by atoms with Crippen molar-refractivity contribution in [3.63, 3.8) is 0 Å². The van der Waals surface area contributed by atoms with E-state index in [9.17, 15) is 32.3 Å². The van der Waals surface area contributed by atoms with Gasteiger partial charge in [-0.15, -0.1) is 0 Å². The fourth-order valence-electron chi connectivity index (χ4n) is 8.73. The number of anilines is 2. The third kappa shape index (κ3) is 8.72. The number of amides is 4. The van der Waals surface area contributed by atoms with Crippen LogP contribution in [0, 0.1) is 17.2 Å². The Labute approximate surface area is 329 Å². The van der Waals surface area contributed by atoms with Crippen LogP contribution in [-0.4, -0.2) is 91.4 Å². The van der Waals surface area contributed by atoms with Crippen LogP contribution >= 0.6 is 12.2 Å². The van der Waals surface area contributed by atoms with Gasteiger partial charge in [0.1, 0.15) is 17.4 Å². The summed E-state index contributed by atoms with van der Waals surface area (Å²) in [6.07, 6.45) is 4.27. The first-order valence-corrected chi connectivity index (χ1v) is 19.5. The van der Waals surface area contributed by atoms with E-state index in [1.54, 1.807) is 32.2 Å². The smallest absolute Gasteiger partial charge is 0.378 e. The zero-order chi connectivity index (χ0) is 40.5. The van der Waals surface area contributed by atoms with Crippen LogP contribution in [-0.2, 0) is 30.1 Å². The Morgan fingerprint density at radius 1 is 1.09 bits per heavy atom. The van der Waals surface area contributed by atoms with Crippen molar-refractivity contribution in [1.29, 1.82) is 5.26 Å². The Bertz CT molecular complexity index is 1900. The first kappa shape index (κ1) is 41.1. The van der Waals surface area contributed by atoms with Crippen LogP contribution in [0.4, 0.5) is 24.7 Å². The summed E-state index contributed by atoms with van der Waals surface area (Å²) in [6.45, 7) is 8.41. The van der Waals surface area contributed by atoms with Gasteiger partial charge in [-0.1, -0.05) is 0 Å². The summed E-state index contributed by atoms with van der Waals surface area (Å²) in [5.41, 5.74) is -2.47. The van der Waals surface area contributed by atoms with E-state index in [-0.39, 0.29) is 65.7 Å². The molecule has 1 aliphatic carbocycles. The molecule has 17 heteroatoms. The van der Waals surface area contributed by atoms with Gasteiger partial charge in [-0.05, 0) is 121 Å². The molecule has 2 N–H and O–H groups in total. The predicted molar refractivity (Wildman–Crippen MR) is 203 cm³/mol. The largest absolute Gasteiger partial charge is 0.419 e. The van der Waals surface area contributed by atoms with E-state index >= 15 is 0 Å². The summed E-state index contributed by atoms with van der Waals surface area (Å²) in [7, 11) is 0. The number of piperidine rings is 2. The predicted octanol–water partition coefficient (Wildman–Crippen LogP) is 5.44. The lowest BCUT2D eigenvalue weighted by Gasteiger charge is -2.42. The molecule has 4 aliphatic rings. The van der Waals surface area contributed by atoms with Crippen molar-refractivity contribution in [3.8, 4) is 6.07 Å². The minimum absolute atomic E-state index is 0.0527. The maximum absolute atomic E-state index is 13.7. The molecule has 4 amide bonds. The molecule has 3 saturated heterocycles. The number of nitriles is 1. The van der Waals surface area contributed by atoms with Gasteiger partial charge in [-0.2, -0.15) is 18.4 Å². The van der Waals surface area contributed by atoms with E-state index in [0.717, 1.165) is 62.1 Å². The van der Waals surface area contributed by atoms with Gasteiger partial charge in [-0.3, -0.25) is 34.3 Å². The zero-order valence-electron chi connectivity index (χ0n) is 31.9. The van der Waals surface area contributed by atoms with Crippen LogP contribution in [0.1, 0.15) is 108 Å². The van der Waals surface area contributed by atoms with Crippen LogP contribution in [0.5, 0.6) is 0 Å². The number of carbonyl (C=O) groups excluding carboxylic acids is 4. The van der Waals surface area contributed by atoms with Gasteiger partial charge in [-0.25, -0.2) is 9.97 Å². The lowest BCUT2D eigenvalue weighted by Crippen LogP contribution is -2.51. The molecule has 1 unspecified atom stereocenters. The second-order valence-corrected chi connectivity index (χ2v) is 16.2. The van der Waals surface area contributed by atoms with Crippen LogP contribution in [0.2, 0.25) is 0 Å². The molecule has 13 nitrogen and oxygen atoms in total. The Morgan fingerprint density at radius 3 is 2.43 bits per heavy atom. The minimum Gasteiger partial charge on any atom is -0.378 e. The van der Waals surface area contributed by atoms with Crippen molar-refractivity contribution in [2.45, 2.75) is 127 Å². The number of hydrogen-bond donors (Lipinski definition) is 2. The average molecular weight is 797 g/mol. The Morgan fingerprint density at radius 2 is 1.79 bits per heavy atom. The number of hydrogen-bond acceptors (Lipinski definition) is 10. The molecule has 4 fully saturated rings. The number of likely N-dealkylation sites (tertiary alicyclic amines) is 1. The molecule has 6 rings (SSSR count). The van der Waals surface area contributed by atoms with E-state index in [4.69, 9.17) is 22.2 Å². The first-order chi connectivity index (χ1) is 26.5. The van der Waals surface area contributed by atoms with E-state index in [0.29, 0.717) is 30.3 Å². The van der Waals surface area contributed by atoms with Gasteiger partial charge >= 0.3 is 6.18 Å². The number of alkyl halides is 3. The van der Waals surface area contributed by atoms with E-state index in [1.165, 1.54) is 6.07 Å². The Balaban J connectivity index is 0.954. The maximum atomic E-state index is 13.7. The fourth-order valence-corrected chi connectivity index (χ4v) is 9.29. The number of pyridine rings is 2. The Hall–Kier alpha value is -4.53. The number of halogens is 3. The molecule has 1 saturated carbocycles. The molecule has 3 aliphatic heterocycles. The van der Waals surface area contributed by atoms with Crippen molar-refractivity contribution >= 4 is 52.5 Å². The highest BCUT2D eigenvalue weighted by Gasteiger charge is 2.53. The summed E-state index contributed by atoms with van der Waals surface area (Å²) in [5.74, 6) is -0.978. The molecule has 5 heterocycles. The van der Waals surface area contributed by atoms with E-state index in [2.05, 4.69) is 39.3 Å². The van der Waals surface area contributed by atoms with Crippen LogP contribution < -0.4 is 15.5 Å². The summed E-state index contributed by atoms with van der Waals surface area (Å²) in [4.78, 5) is 63.6. The van der Waals surface area contributed by atoms with Gasteiger partial charge in [0.2, 0.25) is 17.7 Å². The highest BCUT2D eigenvalue weighted by Crippen LogP contribution is 2.41. The standard InChI is InChI=1S/C39H47F3N8O5S/c1-22-15-28(16-23(2)48(22)21-34(52)46-32-17-25(11-13-44-32)29-9-10-33(51)47-35(29)53)55-14-12-24-5-7-26(8-6-24)50-37(56)49(36(54)38(50,3)4)27-18-30(39(40,41)42)31(19-43)45-20-27/h11,13,17-18,20,22-24,26,28-29H,5-10,12,14-16,21H2,1-4H3,(H,44,46,52)(H,47,51,53)/t22-,23+,24-,26-,28+,29?.